The Morgan fingerprint density at radius 2 is 2.00 bits per heavy atom. The van der Waals surface area contributed by atoms with Crippen molar-refractivity contribution in [2.45, 2.75) is 0 Å². The van der Waals surface area contributed by atoms with Gasteiger partial charge in [0, 0.05) is 35.6 Å². The van der Waals surface area contributed by atoms with E-state index in [9.17, 15) is 30.4 Å². The summed E-state index contributed by atoms with van der Waals surface area (Å²) in [5.41, 5.74) is -1.25. The zero-order chi connectivity index (χ0) is 22.7. The van der Waals surface area contributed by atoms with Crippen LogP contribution in [0.1, 0.15) is 5.56 Å². The third-order valence-corrected chi connectivity index (χ3v) is 4.62. The van der Waals surface area contributed by atoms with Crippen LogP contribution in [0.5, 0.6) is 11.5 Å². The number of phenolic OH excluding ortho intramolecular Hbond substituents is 1. The van der Waals surface area contributed by atoms with Crippen molar-refractivity contribution < 1.29 is 24.7 Å². The van der Waals surface area contributed by atoms with Crippen molar-refractivity contribution in [2.75, 3.05) is 19.1 Å². The topological polar surface area (TPSA) is 150 Å². The number of aliphatic hydroxyl groups is 1. The molecule has 0 saturated heterocycles. The molecule has 31 heavy (non-hydrogen) atoms. The lowest BCUT2D eigenvalue weighted by Gasteiger charge is -2.19. The average Bonchev–Trinajstić information content (AvgIpc) is 2.78. The van der Waals surface area contributed by atoms with Gasteiger partial charge < -0.3 is 19.8 Å². The fourth-order valence-electron chi connectivity index (χ4n) is 3.02. The van der Waals surface area contributed by atoms with Gasteiger partial charge in [0.15, 0.2) is 11.3 Å². The van der Waals surface area contributed by atoms with Crippen molar-refractivity contribution in [1.82, 2.24) is 4.98 Å². The molecule has 1 heterocycles. The monoisotopic (exact) mass is 420 g/mol. The highest BCUT2D eigenvalue weighted by atomic mass is 16.6. The van der Waals surface area contributed by atoms with Crippen LogP contribution in [0, 0.1) is 21.4 Å². The summed E-state index contributed by atoms with van der Waals surface area (Å²) in [6.07, 6.45) is 3.07. The molecule has 2 N–H and O–H groups in total. The molecule has 0 aliphatic heterocycles. The number of nitro benzene ring substituents is 1. The van der Waals surface area contributed by atoms with Gasteiger partial charge in [-0.25, -0.2) is 0 Å². The third kappa shape index (κ3) is 3.79. The number of anilines is 1. The predicted octanol–water partition coefficient (Wildman–Crippen LogP) is 3.31. The molecule has 1 aromatic heterocycles. The number of rotatable bonds is 5. The summed E-state index contributed by atoms with van der Waals surface area (Å²) in [4.78, 5) is 28.6. The van der Waals surface area contributed by atoms with E-state index in [1.807, 2.05) is 12.1 Å². The Hall–Kier alpha value is -4.65. The second kappa shape index (κ2) is 8.38. The SMILES string of the molecule is COc1cc(/C(O)=C(\C#N)C(=O)N(C)c2cncc3ccccc23)cc([N+](=O)[O-])c1O. The van der Waals surface area contributed by atoms with E-state index in [1.54, 1.807) is 24.4 Å². The number of likely N-dealkylation sites (N-methyl/N-ethyl adjacent to an activating group) is 1. The number of carbonyl (C=O) groups is 1. The molecule has 156 valence electrons. The Morgan fingerprint density at radius 1 is 1.29 bits per heavy atom. The lowest BCUT2D eigenvalue weighted by molar-refractivity contribution is -0.386. The smallest absolute Gasteiger partial charge is 0.315 e. The quantitative estimate of drug-likeness (QED) is 0.210. The molecule has 3 rings (SSSR count). The number of phenols is 1. The standard InChI is InChI=1S/C21H16N4O6/c1-24(17-11-23-10-12-5-3-4-6-14(12)17)21(28)15(9-22)19(26)13-7-16(25(29)30)20(27)18(8-13)31-2/h3-8,10-11,26-27H,1-2H3/b19-15-. The van der Waals surface area contributed by atoms with Crippen molar-refractivity contribution in [3.05, 3.63) is 70.0 Å². The van der Waals surface area contributed by atoms with E-state index in [0.29, 0.717) is 11.1 Å². The highest BCUT2D eigenvalue weighted by molar-refractivity contribution is 6.14. The van der Waals surface area contributed by atoms with Gasteiger partial charge in [-0.05, 0) is 6.07 Å². The first kappa shape index (κ1) is 21.1. The molecular weight excluding hydrogens is 404 g/mol. The summed E-state index contributed by atoms with van der Waals surface area (Å²) in [5, 5.41) is 42.7. The minimum Gasteiger partial charge on any atom is -0.506 e. The molecule has 0 saturated carbocycles. The summed E-state index contributed by atoms with van der Waals surface area (Å²) in [6, 6.07) is 10.8. The van der Waals surface area contributed by atoms with Gasteiger partial charge >= 0.3 is 5.69 Å². The maximum Gasteiger partial charge on any atom is 0.315 e. The number of aromatic hydroxyl groups is 1. The number of nitro groups is 1. The number of ether oxygens (including phenoxy) is 1. The molecule has 0 aliphatic rings. The Morgan fingerprint density at radius 3 is 2.65 bits per heavy atom. The first-order chi connectivity index (χ1) is 14.8. The second-order valence-electron chi connectivity index (χ2n) is 6.38. The first-order valence-corrected chi connectivity index (χ1v) is 8.80. The number of fused-ring (bicyclic) bond motifs is 1. The van der Waals surface area contributed by atoms with Crippen LogP contribution in [-0.2, 0) is 4.79 Å². The van der Waals surface area contributed by atoms with Crippen molar-refractivity contribution in [1.29, 1.82) is 5.26 Å². The van der Waals surface area contributed by atoms with Gasteiger partial charge in [-0.3, -0.25) is 19.9 Å². The van der Waals surface area contributed by atoms with E-state index < -0.39 is 33.6 Å². The lowest BCUT2D eigenvalue weighted by atomic mass is 10.1. The van der Waals surface area contributed by atoms with Crippen LogP contribution in [0.15, 0.2) is 54.4 Å². The van der Waals surface area contributed by atoms with Crippen LogP contribution in [0.4, 0.5) is 11.4 Å². The zero-order valence-corrected chi connectivity index (χ0v) is 16.4. The fraction of sp³-hybridized carbons (Fsp3) is 0.0952. The normalized spacial score (nSPS) is 11.4. The maximum absolute atomic E-state index is 13.0. The highest BCUT2D eigenvalue weighted by Crippen LogP contribution is 2.39. The van der Waals surface area contributed by atoms with Crippen molar-refractivity contribution in [3.8, 4) is 17.6 Å². The van der Waals surface area contributed by atoms with Gasteiger partial charge in [0.25, 0.3) is 5.91 Å². The van der Waals surface area contributed by atoms with Crippen LogP contribution >= 0.6 is 0 Å². The number of carbonyl (C=O) groups excluding carboxylic acids is 1. The van der Waals surface area contributed by atoms with Crippen LogP contribution in [0.3, 0.4) is 0 Å². The number of nitriles is 1. The van der Waals surface area contributed by atoms with Crippen LogP contribution < -0.4 is 9.64 Å². The lowest BCUT2D eigenvalue weighted by Crippen LogP contribution is -2.28. The second-order valence-corrected chi connectivity index (χ2v) is 6.38. The maximum atomic E-state index is 13.0. The van der Waals surface area contributed by atoms with E-state index in [0.717, 1.165) is 22.4 Å². The number of benzene rings is 2. The Labute approximate surface area is 176 Å². The number of nitrogens with zero attached hydrogens (tertiary/aromatic N) is 4. The summed E-state index contributed by atoms with van der Waals surface area (Å²) in [6.45, 7) is 0. The molecule has 0 radical (unpaired) electrons. The third-order valence-electron chi connectivity index (χ3n) is 4.62. The van der Waals surface area contributed by atoms with Crippen LogP contribution in [0.25, 0.3) is 16.5 Å². The average molecular weight is 420 g/mol. The molecule has 0 unspecified atom stereocenters. The molecule has 0 fully saturated rings. The molecule has 2 aromatic carbocycles. The molecule has 10 heteroatoms. The summed E-state index contributed by atoms with van der Waals surface area (Å²) >= 11 is 0. The van der Waals surface area contributed by atoms with Crippen LogP contribution in [-0.4, -0.2) is 40.2 Å². The van der Waals surface area contributed by atoms with E-state index >= 15 is 0 Å². The number of aliphatic hydroxyl groups excluding tert-OH is 1. The van der Waals surface area contributed by atoms with Gasteiger partial charge in [0.05, 0.1) is 23.9 Å². The molecule has 0 bridgehead atoms. The van der Waals surface area contributed by atoms with Gasteiger partial charge in [0.1, 0.15) is 11.8 Å². The first-order valence-electron chi connectivity index (χ1n) is 8.80. The van der Waals surface area contributed by atoms with E-state index in [1.165, 1.54) is 20.4 Å². The number of amides is 1. The number of hydrogen-bond acceptors (Lipinski definition) is 8. The number of methoxy groups -OCH3 is 1. The summed E-state index contributed by atoms with van der Waals surface area (Å²) in [7, 11) is 2.58. The zero-order valence-electron chi connectivity index (χ0n) is 16.4. The molecule has 3 aromatic rings. The summed E-state index contributed by atoms with van der Waals surface area (Å²) in [5.74, 6) is -2.69. The van der Waals surface area contributed by atoms with Gasteiger partial charge in [0.2, 0.25) is 5.75 Å². The van der Waals surface area contributed by atoms with Crippen molar-refractivity contribution in [2.24, 2.45) is 0 Å². The Balaban J connectivity index is 2.12. The minimum absolute atomic E-state index is 0.240. The molecule has 0 aliphatic carbocycles. The van der Waals surface area contributed by atoms with E-state index in [-0.39, 0.29) is 11.3 Å². The largest absolute Gasteiger partial charge is 0.506 e. The van der Waals surface area contributed by atoms with Crippen LogP contribution in [0.2, 0.25) is 0 Å². The van der Waals surface area contributed by atoms with Gasteiger partial charge in [-0.15, -0.1) is 0 Å². The molecule has 10 nitrogen and oxygen atoms in total. The van der Waals surface area contributed by atoms with Gasteiger partial charge in [-0.2, -0.15) is 5.26 Å². The van der Waals surface area contributed by atoms with Gasteiger partial charge in [-0.1, -0.05) is 24.3 Å². The van der Waals surface area contributed by atoms with Crippen molar-refractivity contribution >= 4 is 33.8 Å². The molecule has 0 atom stereocenters. The van der Waals surface area contributed by atoms with Crippen molar-refractivity contribution in [3.63, 3.8) is 0 Å². The Kier molecular flexibility index (Phi) is 5.70. The number of aromatic nitrogens is 1. The fourth-order valence-corrected chi connectivity index (χ4v) is 3.02. The molecule has 0 spiro atoms. The minimum atomic E-state index is -0.879. The van der Waals surface area contributed by atoms with E-state index in [4.69, 9.17) is 4.74 Å². The van der Waals surface area contributed by atoms with E-state index in [2.05, 4.69) is 4.98 Å². The Bertz CT molecular complexity index is 1270. The predicted molar refractivity (Wildman–Crippen MR) is 112 cm³/mol. The molecule has 1 amide bonds. The number of pyridine rings is 1. The number of hydrogen-bond donors (Lipinski definition) is 2. The molecular formula is C21H16N4O6. The highest BCUT2D eigenvalue weighted by Gasteiger charge is 2.26. The summed E-state index contributed by atoms with van der Waals surface area (Å²) < 4.78 is 4.89.